The molecule has 104 valence electrons. The van der Waals surface area contributed by atoms with Gasteiger partial charge in [0.2, 0.25) is 0 Å². The first-order chi connectivity index (χ1) is 9.51. The van der Waals surface area contributed by atoms with Gasteiger partial charge in [0, 0.05) is 17.3 Å². The van der Waals surface area contributed by atoms with Crippen molar-refractivity contribution in [1.82, 2.24) is 0 Å². The van der Waals surface area contributed by atoms with E-state index in [0.717, 1.165) is 4.47 Å². The topological polar surface area (TPSA) is 38.3 Å². The van der Waals surface area contributed by atoms with Crippen LogP contribution in [0.3, 0.4) is 0 Å². The number of hydrogen-bond acceptors (Lipinski definition) is 2. The highest BCUT2D eigenvalue weighted by Gasteiger charge is 2.10. The smallest absolute Gasteiger partial charge is 0.255 e. The zero-order valence-corrected chi connectivity index (χ0v) is 13.6. The number of rotatable bonds is 3. The van der Waals surface area contributed by atoms with Crippen molar-refractivity contribution in [2.75, 3.05) is 12.4 Å². The van der Waals surface area contributed by atoms with Crippen molar-refractivity contribution in [1.29, 1.82) is 0 Å². The lowest BCUT2D eigenvalue weighted by molar-refractivity contribution is 0.102. The fourth-order valence-electron chi connectivity index (χ4n) is 1.58. The summed E-state index contributed by atoms with van der Waals surface area (Å²) in [7, 11) is 1.54. The molecule has 0 atom stereocenters. The summed E-state index contributed by atoms with van der Waals surface area (Å²) in [5, 5.41) is 2.72. The second kappa shape index (κ2) is 6.37. The Kier molecular flexibility index (Phi) is 4.77. The van der Waals surface area contributed by atoms with E-state index in [9.17, 15) is 9.18 Å². The van der Waals surface area contributed by atoms with Crippen LogP contribution in [0.5, 0.6) is 5.75 Å². The standard InChI is InChI=1S/C14H10Br2FNO2/c1-20-13-7-9(3-4-10(13)15)18-14(19)8-2-5-12(17)11(16)6-8/h2-7H,1H3,(H,18,19). The van der Waals surface area contributed by atoms with Crippen LogP contribution in [0.15, 0.2) is 45.3 Å². The minimum atomic E-state index is -0.410. The Morgan fingerprint density at radius 3 is 2.55 bits per heavy atom. The van der Waals surface area contributed by atoms with Crippen molar-refractivity contribution in [3.8, 4) is 5.75 Å². The molecule has 0 fully saturated rings. The van der Waals surface area contributed by atoms with Gasteiger partial charge in [-0.15, -0.1) is 0 Å². The molecule has 0 radical (unpaired) electrons. The molecule has 0 aliphatic carbocycles. The normalized spacial score (nSPS) is 10.2. The Balaban J connectivity index is 2.21. The van der Waals surface area contributed by atoms with Crippen LogP contribution < -0.4 is 10.1 Å². The summed E-state index contributed by atoms with van der Waals surface area (Å²) < 4.78 is 19.3. The summed E-state index contributed by atoms with van der Waals surface area (Å²) >= 11 is 6.38. The molecule has 0 aromatic heterocycles. The summed E-state index contributed by atoms with van der Waals surface area (Å²) in [4.78, 5) is 12.1. The van der Waals surface area contributed by atoms with Crippen molar-refractivity contribution in [2.45, 2.75) is 0 Å². The zero-order chi connectivity index (χ0) is 14.7. The summed E-state index contributed by atoms with van der Waals surface area (Å²) in [5.41, 5.74) is 0.954. The molecule has 0 heterocycles. The van der Waals surface area contributed by atoms with E-state index in [1.807, 2.05) is 0 Å². The molecule has 3 nitrogen and oxygen atoms in total. The molecule has 1 amide bonds. The first kappa shape index (κ1) is 15.0. The van der Waals surface area contributed by atoms with E-state index in [4.69, 9.17) is 4.74 Å². The quantitative estimate of drug-likeness (QED) is 0.813. The van der Waals surface area contributed by atoms with Crippen LogP contribution in [-0.2, 0) is 0 Å². The largest absolute Gasteiger partial charge is 0.495 e. The molecule has 0 bridgehead atoms. The van der Waals surface area contributed by atoms with Crippen LogP contribution in [0.1, 0.15) is 10.4 Å². The van der Waals surface area contributed by atoms with Gasteiger partial charge in [0.25, 0.3) is 5.91 Å². The third-order valence-corrected chi connectivity index (χ3v) is 3.85. The lowest BCUT2D eigenvalue weighted by atomic mass is 10.2. The molecule has 0 saturated carbocycles. The number of carbonyl (C=O) groups excluding carboxylic acids is 1. The molecular weight excluding hydrogens is 393 g/mol. The van der Waals surface area contributed by atoms with Crippen LogP contribution in [-0.4, -0.2) is 13.0 Å². The van der Waals surface area contributed by atoms with Crippen LogP contribution >= 0.6 is 31.9 Å². The number of halogens is 3. The Hall–Kier alpha value is -1.40. The molecule has 0 aliphatic rings. The first-order valence-electron chi connectivity index (χ1n) is 5.61. The maximum absolute atomic E-state index is 13.1. The SMILES string of the molecule is COc1cc(NC(=O)c2ccc(F)c(Br)c2)ccc1Br. The van der Waals surface area contributed by atoms with Gasteiger partial charge in [-0.1, -0.05) is 0 Å². The number of carbonyl (C=O) groups is 1. The maximum Gasteiger partial charge on any atom is 0.255 e. The van der Waals surface area contributed by atoms with Gasteiger partial charge in [0.1, 0.15) is 11.6 Å². The molecular formula is C14H10Br2FNO2. The minimum Gasteiger partial charge on any atom is -0.495 e. The lowest BCUT2D eigenvalue weighted by Gasteiger charge is -2.09. The Morgan fingerprint density at radius 1 is 1.15 bits per heavy atom. The fraction of sp³-hybridized carbons (Fsp3) is 0.0714. The van der Waals surface area contributed by atoms with Crippen LogP contribution in [0.4, 0.5) is 10.1 Å². The van der Waals surface area contributed by atoms with Gasteiger partial charge in [0.05, 0.1) is 16.1 Å². The molecule has 0 unspecified atom stereocenters. The molecule has 2 aromatic carbocycles. The number of benzene rings is 2. The Labute approximate surface area is 132 Å². The molecule has 0 aliphatic heterocycles. The van der Waals surface area contributed by atoms with Gasteiger partial charge in [-0.25, -0.2) is 4.39 Å². The van der Waals surface area contributed by atoms with E-state index >= 15 is 0 Å². The third kappa shape index (κ3) is 3.37. The maximum atomic E-state index is 13.1. The van der Waals surface area contributed by atoms with Crippen molar-refractivity contribution in [2.24, 2.45) is 0 Å². The summed E-state index contributed by atoms with van der Waals surface area (Å²) in [6.45, 7) is 0. The van der Waals surface area contributed by atoms with E-state index in [1.54, 1.807) is 25.3 Å². The van der Waals surface area contributed by atoms with E-state index in [0.29, 0.717) is 17.0 Å². The van der Waals surface area contributed by atoms with Gasteiger partial charge < -0.3 is 10.1 Å². The molecule has 2 rings (SSSR count). The molecule has 0 saturated heterocycles. The highest BCUT2D eigenvalue weighted by molar-refractivity contribution is 9.10. The molecule has 2 aromatic rings. The predicted octanol–water partition coefficient (Wildman–Crippen LogP) is 4.61. The number of nitrogens with one attached hydrogen (secondary N) is 1. The van der Waals surface area contributed by atoms with Gasteiger partial charge in [-0.3, -0.25) is 4.79 Å². The number of amides is 1. The van der Waals surface area contributed by atoms with E-state index < -0.39 is 5.82 Å². The zero-order valence-electron chi connectivity index (χ0n) is 10.4. The minimum absolute atomic E-state index is 0.249. The number of anilines is 1. The highest BCUT2D eigenvalue weighted by Crippen LogP contribution is 2.28. The molecule has 20 heavy (non-hydrogen) atoms. The lowest BCUT2D eigenvalue weighted by Crippen LogP contribution is -2.12. The van der Waals surface area contributed by atoms with E-state index in [2.05, 4.69) is 37.2 Å². The second-order valence-corrected chi connectivity index (χ2v) is 5.64. The average Bonchev–Trinajstić information content (AvgIpc) is 2.43. The molecule has 6 heteroatoms. The fourth-order valence-corrected chi connectivity index (χ4v) is 2.37. The van der Waals surface area contributed by atoms with Gasteiger partial charge in [-0.2, -0.15) is 0 Å². The number of ether oxygens (including phenoxy) is 1. The highest BCUT2D eigenvalue weighted by atomic mass is 79.9. The van der Waals surface area contributed by atoms with E-state index in [-0.39, 0.29) is 10.4 Å². The number of methoxy groups -OCH3 is 1. The predicted molar refractivity (Wildman–Crippen MR) is 82.7 cm³/mol. The van der Waals surface area contributed by atoms with Crippen LogP contribution in [0.2, 0.25) is 0 Å². The number of hydrogen-bond donors (Lipinski definition) is 1. The second-order valence-electron chi connectivity index (χ2n) is 3.93. The van der Waals surface area contributed by atoms with Crippen molar-refractivity contribution in [3.05, 3.63) is 56.7 Å². The summed E-state index contributed by atoms with van der Waals surface area (Å²) in [6, 6.07) is 9.30. The molecule has 1 N–H and O–H groups in total. The Morgan fingerprint density at radius 2 is 1.90 bits per heavy atom. The third-order valence-electron chi connectivity index (χ3n) is 2.59. The van der Waals surface area contributed by atoms with Crippen LogP contribution in [0, 0.1) is 5.82 Å². The van der Waals surface area contributed by atoms with Gasteiger partial charge >= 0.3 is 0 Å². The average molecular weight is 403 g/mol. The van der Waals surface area contributed by atoms with Crippen LogP contribution in [0.25, 0.3) is 0 Å². The molecule has 0 spiro atoms. The first-order valence-corrected chi connectivity index (χ1v) is 7.20. The summed E-state index contributed by atoms with van der Waals surface area (Å²) in [5.74, 6) is -0.120. The van der Waals surface area contributed by atoms with Gasteiger partial charge in [-0.05, 0) is 62.2 Å². The van der Waals surface area contributed by atoms with Crippen molar-refractivity contribution >= 4 is 43.5 Å². The van der Waals surface area contributed by atoms with Gasteiger partial charge in [0.15, 0.2) is 0 Å². The monoisotopic (exact) mass is 401 g/mol. The Bertz CT molecular complexity index is 662. The van der Waals surface area contributed by atoms with Crippen molar-refractivity contribution < 1.29 is 13.9 Å². The summed E-state index contributed by atoms with van der Waals surface area (Å²) in [6.07, 6.45) is 0. The van der Waals surface area contributed by atoms with Crippen molar-refractivity contribution in [3.63, 3.8) is 0 Å². The van der Waals surface area contributed by atoms with E-state index in [1.165, 1.54) is 18.2 Å².